The monoisotopic (exact) mass is 418 g/mol. The second kappa shape index (κ2) is 36.0. The van der Waals surface area contributed by atoms with Crippen molar-refractivity contribution in [3.05, 3.63) is 45.4 Å². The Labute approximate surface area is 121 Å². The second-order valence-corrected chi connectivity index (χ2v) is 2.72. The molecule has 0 saturated heterocycles. The summed E-state index contributed by atoms with van der Waals surface area (Å²) < 4.78 is 37.5. The first-order chi connectivity index (χ1) is 8.45. The van der Waals surface area contributed by atoms with Gasteiger partial charge in [0, 0.05) is 21.1 Å². The van der Waals surface area contributed by atoms with Gasteiger partial charge >= 0.3 is 56.5 Å². The number of hydrogen-bond donors (Lipinski definition) is 0. The van der Waals surface area contributed by atoms with E-state index in [9.17, 15) is 0 Å². The summed E-state index contributed by atoms with van der Waals surface area (Å²) in [5.74, 6) is 1.98. The predicted molar refractivity (Wildman–Crippen MR) is 49.6 cm³/mol. The molecule has 2 aliphatic carbocycles. The number of hydrogen-bond acceptors (Lipinski definition) is 0. The van der Waals surface area contributed by atoms with E-state index in [0.717, 1.165) is 11.8 Å². The molecule has 94 valence electrons. The summed E-state index contributed by atoms with van der Waals surface area (Å²) >= 11 is 0. The van der Waals surface area contributed by atoms with Crippen molar-refractivity contribution in [2.45, 2.75) is 19.3 Å². The molecule has 0 spiro atoms. The predicted octanol–water partition coefficient (Wildman–Crippen LogP) is 1.78. The molecule has 0 amide bonds. The van der Waals surface area contributed by atoms with Crippen LogP contribution in [0.4, 0.5) is 0 Å². The van der Waals surface area contributed by atoms with Gasteiger partial charge in [0.25, 0.3) is 0 Å². The van der Waals surface area contributed by atoms with E-state index in [-0.39, 0.29) is 21.1 Å². The van der Waals surface area contributed by atoms with Gasteiger partial charge in [-0.25, -0.2) is 0 Å². The van der Waals surface area contributed by atoms with Crippen LogP contribution in [0.1, 0.15) is 19.3 Å². The van der Waals surface area contributed by atoms with E-state index in [1.54, 1.807) is 0 Å². The van der Waals surface area contributed by atoms with Crippen LogP contribution in [0.25, 0.3) is 0 Å². The van der Waals surface area contributed by atoms with E-state index in [4.69, 9.17) is 23.3 Å². The van der Waals surface area contributed by atoms with Crippen LogP contribution in [0.3, 0.4) is 0 Å². The zero-order valence-corrected chi connectivity index (χ0v) is 12.3. The van der Waals surface area contributed by atoms with E-state index in [2.05, 4.69) is 45.4 Å². The Bertz CT molecular complexity index is 228. The summed E-state index contributed by atoms with van der Waals surface area (Å²) in [5, 5.41) is 0. The van der Waals surface area contributed by atoms with Crippen LogP contribution in [0, 0.1) is 45.1 Å². The van der Waals surface area contributed by atoms with Crippen molar-refractivity contribution in [1.82, 2.24) is 0 Å². The Morgan fingerprint density at radius 2 is 0.833 bits per heavy atom. The summed E-state index contributed by atoms with van der Waals surface area (Å²) in [7, 11) is 0. The molecule has 2 bridgehead atoms. The molecule has 1 fully saturated rings. The normalized spacial score (nSPS) is 18.3. The molecule has 0 aromatic rings. The van der Waals surface area contributed by atoms with Gasteiger partial charge in [-0.1, -0.05) is 12.2 Å². The molecule has 0 aromatic heterocycles. The zero-order valence-electron chi connectivity index (χ0n) is 9.38. The summed E-state index contributed by atoms with van der Waals surface area (Å²) in [5.41, 5.74) is 0. The first kappa shape index (κ1) is 30.3. The fourth-order valence-corrected chi connectivity index (χ4v) is 1.72. The maximum absolute atomic E-state index is 7.50. The molecule has 1 saturated carbocycles. The van der Waals surface area contributed by atoms with Crippen LogP contribution >= 0.6 is 0 Å². The first-order valence-corrected chi connectivity index (χ1v) is 4.15. The molecule has 0 radical (unpaired) electrons. The van der Waals surface area contributed by atoms with Crippen LogP contribution in [0.5, 0.6) is 0 Å². The van der Waals surface area contributed by atoms with Crippen LogP contribution in [-0.4, -0.2) is 0 Å². The molecule has 2 unspecified atom stereocenters. The summed E-state index contributed by atoms with van der Waals surface area (Å²) in [4.78, 5) is 0. The van der Waals surface area contributed by atoms with Crippen molar-refractivity contribution in [2.24, 2.45) is 11.8 Å². The van der Waals surface area contributed by atoms with Crippen LogP contribution in [-0.2, 0) is 44.3 Å². The van der Waals surface area contributed by atoms with E-state index >= 15 is 0 Å². The molecule has 0 N–H and O–H groups in total. The van der Waals surface area contributed by atoms with Gasteiger partial charge in [0.2, 0.25) is 0 Å². The van der Waals surface area contributed by atoms with Gasteiger partial charge in [0.15, 0.2) is 0 Å². The maximum Gasteiger partial charge on any atom is 0 e. The van der Waals surface area contributed by atoms with Gasteiger partial charge in [0.05, 0.1) is 0 Å². The van der Waals surface area contributed by atoms with Gasteiger partial charge in [-0.2, -0.15) is 0 Å². The molecule has 6 heteroatoms. The third-order valence-electron chi connectivity index (χ3n) is 2.17. The molecule has 2 atom stereocenters. The second-order valence-electron chi connectivity index (χ2n) is 2.72. The Morgan fingerprint density at radius 3 is 0.889 bits per heavy atom. The van der Waals surface area contributed by atoms with E-state index < -0.39 is 0 Å². The van der Waals surface area contributed by atoms with Gasteiger partial charge < -0.3 is 0 Å². The maximum atomic E-state index is 7.50. The SMILES string of the molecule is C1=CC2CCC1C2.[C-]#[O+].[C-]#[O+].[C-]#[O+].[C-]#[O+].[C-]#[O+].[W]. The van der Waals surface area contributed by atoms with Crippen molar-refractivity contribution in [1.29, 1.82) is 0 Å². The molecular formula is C12H10O5W. The van der Waals surface area contributed by atoms with Gasteiger partial charge in [-0.15, -0.1) is 0 Å². The average Bonchev–Trinajstić information content (AvgIpc) is 3.15. The van der Waals surface area contributed by atoms with Crippen molar-refractivity contribution in [3.8, 4) is 0 Å². The largest absolute Gasteiger partial charge is 0 e. The minimum atomic E-state index is 0. The molecule has 5 nitrogen and oxygen atoms in total. The van der Waals surface area contributed by atoms with E-state index in [1.165, 1.54) is 19.3 Å². The van der Waals surface area contributed by atoms with Crippen molar-refractivity contribution < 1.29 is 44.3 Å². The number of fused-ring (bicyclic) bond motifs is 2. The summed E-state index contributed by atoms with van der Waals surface area (Å²) in [6.45, 7) is 22.5. The van der Waals surface area contributed by atoms with Crippen LogP contribution in [0.2, 0.25) is 0 Å². The van der Waals surface area contributed by atoms with Crippen molar-refractivity contribution in [3.63, 3.8) is 0 Å². The molecular weight excluding hydrogens is 408 g/mol. The summed E-state index contributed by atoms with van der Waals surface area (Å²) in [6, 6.07) is 0. The molecule has 2 rings (SSSR count). The van der Waals surface area contributed by atoms with Gasteiger partial charge in [-0.05, 0) is 31.1 Å². The third kappa shape index (κ3) is 17.5. The average molecular weight is 418 g/mol. The fourth-order valence-electron chi connectivity index (χ4n) is 1.72. The van der Waals surface area contributed by atoms with Crippen LogP contribution in [0.15, 0.2) is 12.2 Å². The number of rotatable bonds is 0. The zero-order chi connectivity index (χ0) is 14.7. The Hall–Kier alpha value is -0.872. The van der Waals surface area contributed by atoms with Gasteiger partial charge in [-0.3, -0.25) is 0 Å². The smallest absolute Gasteiger partial charge is 0 e. The Morgan fingerprint density at radius 1 is 0.611 bits per heavy atom. The van der Waals surface area contributed by atoms with Crippen molar-refractivity contribution in [2.75, 3.05) is 0 Å². The van der Waals surface area contributed by atoms with Crippen LogP contribution < -0.4 is 0 Å². The third-order valence-corrected chi connectivity index (χ3v) is 2.17. The molecule has 0 heterocycles. The van der Waals surface area contributed by atoms with Crippen molar-refractivity contribution >= 4 is 0 Å². The minimum Gasteiger partial charge on any atom is 0 e. The Kier molecular flexibility index (Phi) is 60.6. The molecule has 0 aliphatic heterocycles. The number of allylic oxidation sites excluding steroid dienone is 2. The topological polar surface area (TPSA) is 99.5 Å². The minimum absolute atomic E-state index is 0. The first-order valence-electron chi connectivity index (χ1n) is 4.15. The fraction of sp³-hybridized carbons (Fsp3) is 0.417. The standard InChI is InChI=1S/C7H10.5CO.W/c1-2-7-4-3-6(1)5-7;5*1-2;/h1-2,6-7H,3-5H2;;;;;;. The van der Waals surface area contributed by atoms with E-state index in [0.29, 0.717) is 0 Å². The van der Waals surface area contributed by atoms with E-state index in [1.807, 2.05) is 0 Å². The molecule has 2 aliphatic rings. The molecule has 0 aromatic carbocycles. The quantitative estimate of drug-likeness (QED) is 0.326. The molecule has 18 heavy (non-hydrogen) atoms. The Balaban J connectivity index is -0.0000000451. The van der Waals surface area contributed by atoms with Gasteiger partial charge in [0.1, 0.15) is 0 Å². The summed E-state index contributed by atoms with van der Waals surface area (Å²) in [6.07, 6.45) is 9.19.